The van der Waals surface area contributed by atoms with E-state index >= 15 is 0 Å². The maximum absolute atomic E-state index is 12.3. The third kappa shape index (κ3) is 4.17. The lowest BCUT2D eigenvalue weighted by Crippen LogP contribution is -2.49. The van der Waals surface area contributed by atoms with Gasteiger partial charge < -0.3 is 25.0 Å². The zero-order chi connectivity index (χ0) is 17.7. The van der Waals surface area contributed by atoms with Crippen molar-refractivity contribution in [1.82, 2.24) is 10.2 Å². The van der Waals surface area contributed by atoms with Crippen LogP contribution < -0.4 is 15.0 Å². The van der Waals surface area contributed by atoms with Crippen LogP contribution in [0.2, 0.25) is 0 Å². The van der Waals surface area contributed by atoms with Crippen LogP contribution in [0.5, 0.6) is 5.75 Å². The van der Waals surface area contributed by atoms with E-state index < -0.39 is 0 Å². The van der Waals surface area contributed by atoms with Crippen molar-refractivity contribution in [3.05, 3.63) is 24.3 Å². The molecule has 2 rings (SSSR count). The summed E-state index contributed by atoms with van der Waals surface area (Å²) in [4.78, 5) is 27.8. The molecule has 0 bridgehead atoms. The SMILES string of the molecule is COc1ccc(N2CC(NC(=O)N(CCO)C(C)C)CC2=O)cc1. The molecule has 1 aromatic carbocycles. The van der Waals surface area contributed by atoms with E-state index in [1.54, 1.807) is 29.0 Å². The van der Waals surface area contributed by atoms with Gasteiger partial charge >= 0.3 is 6.03 Å². The fraction of sp³-hybridized carbons (Fsp3) is 0.529. The Balaban J connectivity index is 1.99. The molecule has 132 valence electrons. The molecule has 1 aliphatic heterocycles. The molecule has 0 aromatic heterocycles. The van der Waals surface area contributed by atoms with Crippen molar-refractivity contribution in [1.29, 1.82) is 0 Å². The van der Waals surface area contributed by atoms with Crippen LogP contribution in [0.1, 0.15) is 20.3 Å². The molecule has 0 spiro atoms. The number of rotatable bonds is 6. The minimum Gasteiger partial charge on any atom is -0.497 e. The fourth-order valence-corrected chi connectivity index (χ4v) is 2.78. The van der Waals surface area contributed by atoms with Crippen molar-refractivity contribution in [3.63, 3.8) is 0 Å². The number of benzene rings is 1. The maximum Gasteiger partial charge on any atom is 0.318 e. The van der Waals surface area contributed by atoms with Gasteiger partial charge in [-0.2, -0.15) is 0 Å². The highest BCUT2D eigenvalue weighted by Crippen LogP contribution is 2.24. The maximum atomic E-state index is 12.3. The van der Waals surface area contributed by atoms with E-state index in [1.165, 1.54) is 0 Å². The first kappa shape index (κ1) is 18.1. The first-order chi connectivity index (χ1) is 11.5. The summed E-state index contributed by atoms with van der Waals surface area (Å²) in [5.41, 5.74) is 0.786. The minimum absolute atomic E-state index is 0.0213. The summed E-state index contributed by atoms with van der Waals surface area (Å²) in [6.45, 7) is 4.39. The Hall–Kier alpha value is -2.28. The number of carbonyl (C=O) groups excluding carboxylic acids is 2. The number of carbonyl (C=O) groups is 2. The average molecular weight is 335 g/mol. The van der Waals surface area contributed by atoms with Gasteiger partial charge in [0.2, 0.25) is 5.91 Å². The van der Waals surface area contributed by atoms with Gasteiger partial charge in [-0.05, 0) is 38.1 Å². The first-order valence-electron chi connectivity index (χ1n) is 8.08. The van der Waals surface area contributed by atoms with Gasteiger partial charge in [-0.1, -0.05) is 0 Å². The third-order valence-corrected chi connectivity index (χ3v) is 4.06. The Morgan fingerprint density at radius 1 is 1.42 bits per heavy atom. The van der Waals surface area contributed by atoms with Crippen LogP contribution in [0.25, 0.3) is 0 Å². The normalized spacial score (nSPS) is 17.3. The molecule has 24 heavy (non-hydrogen) atoms. The molecule has 0 saturated carbocycles. The predicted molar refractivity (Wildman–Crippen MR) is 91.2 cm³/mol. The van der Waals surface area contributed by atoms with E-state index in [1.807, 2.05) is 26.0 Å². The summed E-state index contributed by atoms with van der Waals surface area (Å²) in [7, 11) is 1.59. The highest BCUT2D eigenvalue weighted by molar-refractivity contribution is 5.96. The number of hydrogen-bond acceptors (Lipinski definition) is 4. The number of urea groups is 1. The molecule has 7 heteroatoms. The number of nitrogens with zero attached hydrogens (tertiary/aromatic N) is 2. The number of methoxy groups -OCH3 is 1. The van der Waals surface area contributed by atoms with Crippen molar-refractivity contribution in [2.45, 2.75) is 32.4 Å². The zero-order valence-corrected chi connectivity index (χ0v) is 14.4. The number of anilines is 1. The molecular formula is C17H25N3O4. The van der Waals surface area contributed by atoms with E-state index in [4.69, 9.17) is 9.84 Å². The standard InChI is InChI=1S/C17H25N3O4/c1-12(2)19(8-9-21)17(23)18-13-10-16(22)20(11-13)14-4-6-15(24-3)7-5-14/h4-7,12-13,21H,8-11H2,1-3H3,(H,18,23). The zero-order valence-electron chi connectivity index (χ0n) is 14.4. The predicted octanol–water partition coefficient (Wildman–Crippen LogP) is 1.21. The van der Waals surface area contributed by atoms with Crippen LogP contribution in [-0.4, -0.2) is 60.8 Å². The van der Waals surface area contributed by atoms with E-state index in [0.717, 1.165) is 11.4 Å². The van der Waals surface area contributed by atoms with Crippen LogP contribution in [0.3, 0.4) is 0 Å². The molecule has 3 amide bonds. The van der Waals surface area contributed by atoms with Crippen LogP contribution >= 0.6 is 0 Å². The molecular weight excluding hydrogens is 310 g/mol. The minimum atomic E-state index is -0.256. The lowest BCUT2D eigenvalue weighted by Gasteiger charge is -2.27. The molecule has 2 N–H and O–H groups in total. The van der Waals surface area contributed by atoms with Gasteiger partial charge in [0.05, 0.1) is 19.8 Å². The molecule has 0 radical (unpaired) electrons. The van der Waals surface area contributed by atoms with Gasteiger partial charge in [-0.15, -0.1) is 0 Å². The molecule has 0 aliphatic carbocycles. The number of aliphatic hydroxyl groups is 1. The highest BCUT2D eigenvalue weighted by atomic mass is 16.5. The van der Waals surface area contributed by atoms with Gasteiger partial charge in [-0.3, -0.25) is 4.79 Å². The van der Waals surface area contributed by atoms with Gasteiger partial charge in [-0.25, -0.2) is 4.79 Å². The summed E-state index contributed by atoms with van der Waals surface area (Å²) in [5.74, 6) is 0.704. The third-order valence-electron chi connectivity index (χ3n) is 4.06. The molecule has 1 heterocycles. The smallest absolute Gasteiger partial charge is 0.318 e. The van der Waals surface area contributed by atoms with E-state index in [0.29, 0.717) is 6.54 Å². The van der Waals surface area contributed by atoms with Gasteiger partial charge in [0.25, 0.3) is 0 Å². The Kier molecular flexibility index (Phi) is 6.03. The molecule has 1 aromatic rings. The molecule has 7 nitrogen and oxygen atoms in total. The first-order valence-corrected chi connectivity index (χ1v) is 8.08. The Morgan fingerprint density at radius 2 is 2.08 bits per heavy atom. The van der Waals surface area contributed by atoms with Crippen LogP contribution in [0.15, 0.2) is 24.3 Å². The van der Waals surface area contributed by atoms with E-state index in [2.05, 4.69) is 5.32 Å². The summed E-state index contributed by atoms with van der Waals surface area (Å²) < 4.78 is 5.12. The molecule has 1 saturated heterocycles. The topological polar surface area (TPSA) is 82.1 Å². The number of aliphatic hydroxyl groups excluding tert-OH is 1. The van der Waals surface area contributed by atoms with Crippen LogP contribution in [-0.2, 0) is 4.79 Å². The number of ether oxygens (including phenoxy) is 1. The quantitative estimate of drug-likeness (QED) is 0.819. The van der Waals surface area contributed by atoms with Gasteiger partial charge in [0.1, 0.15) is 5.75 Å². The second kappa shape index (κ2) is 8.01. The van der Waals surface area contributed by atoms with Crippen molar-refractivity contribution < 1.29 is 19.4 Å². The Labute approximate surface area is 142 Å². The second-order valence-corrected chi connectivity index (χ2v) is 6.06. The van der Waals surface area contributed by atoms with Crippen molar-refractivity contribution in [2.24, 2.45) is 0 Å². The lowest BCUT2D eigenvalue weighted by atomic mass is 10.2. The Morgan fingerprint density at radius 3 is 2.62 bits per heavy atom. The Bertz CT molecular complexity index is 574. The number of hydrogen-bond donors (Lipinski definition) is 2. The van der Waals surface area contributed by atoms with E-state index in [9.17, 15) is 9.59 Å². The summed E-state index contributed by atoms with van der Waals surface area (Å²) in [6.07, 6.45) is 0.267. The van der Waals surface area contributed by atoms with E-state index in [-0.39, 0.29) is 43.6 Å². The number of amides is 3. The van der Waals surface area contributed by atoms with Crippen LogP contribution in [0.4, 0.5) is 10.5 Å². The number of nitrogens with one attached hydrogen (secondary N) is 1. The largest absolute Gasteiger partial charge is 0.497 e. The van der Waals surface area contributed by atoms with Crippen molar-refractivity contribution >= 4 is 17.6 Å². The second-order valence-electron chi connectivity index (χ2n) is 6.06. The molecule has 1 atom stereocenters. The average Bonchev–Trinajstić information content (AvgIpc) is 2.92. The monoisotopic (exact) mass is 335 g/mol. The summed E-state index contributed by atoms with van der Waals surface area (Å²) in [6, 6.07) is 6.74. The summed E-state index contributed by atoms with van der Waals surface area (Å²) >= 11 is 0. The van der Waals surface area contributed by atoms with Gasteiger partial charge in [0, 0.05) is 31.2 Å². The van der Waals surface area contributed by atoms with Crippen molar-refractivity contribution in [2.75, 3.05) is 31.7 Å². The summed E-state index contributed by atoms with van der Waals surface area (Å²) in [5, 5.41) is 12.0. The van der Waals surface area contributed by atoms with Gasteiger partial charge in [0.15, 0.2) is 0 Å². The van der Waals surface area contributed by atoms with Crippen LogP contribution in [0, 0.1) is 0 Å². The van der Waals surface area contributed by atoms with Crippen molar-refractivity contribution in [3.8, 4) is 5.75 Å². The molecule has 1 unspecified atom stereocenters. The lowest BCUT2D eigenvalue weighted by molar-refractivity contribution is -0.117. The molecule has 1 aliphatic rings. The fourth-order valence-electron chi connectivity index (χ4n) is 2.78. The molecule has 1 fully saturated rings. The highest BCUT2D eigenvalue weighted by Gasteiger charge is 2.32.